The molecule has 122 valence electrons. The van der Waals surface area contributed by atoms with Crippen molar-refractivity contribution >= 4 is 0 Å². The van der Waals surface area contributed by atoms with Gasteiger partial charge in [-0.2, -0.15) is 0 Å². The number of hydrogen-bond donors (Lipinski definition) is 0. The molecular weight excluding hydrogens is 260 g/mol. The molecule has 1 unspecified atom stereocenters. The SMILES string of the molecule is COC1C[C@H]2C(C)(C)CCC[C@]2(C)[C@H]2CCCC[C@]12OC. The van der Waals surface area contributed by atoms with Crippen molar-refractivity contribution in [1.82, 2.24) is 0 Å². The lowest BCUT2D eigenvalue weighted by molar-refractivity contribution is -0.256. The number of rotatable bonds is 2. The third-order valence-corrected chi connectivity index (χ3v) is 7.63. The Bertz CT molecular complexity index is 391. The first-order valence-electron chi connectivity index (χ1n) is 8.99. The summed E-state index contributed by atoms with van der Waals surface area (Å²) in [6, 6.07) is 0. The Morgan fingerprint density at radius 2 is 1.62 bits per heavy atom. The summed E-state index contributed by atoms with van der Waals surface area (Å²) < 4.78 is 12.3. The molecule has 0 heterocycles. The van der Waals surface area contributed by atoms with Crippen molar-refractivity contribution in [1.29, 1.82) is 0 Å². The number of fused-ring (bicyclic) bond motifs is 3. The van der Waals surface area contributed by atoms with E-state index < -0.39 is 0 Å². The summed E-state index contributed by atoms with van der Waals surface area (Å²) >= 11 is 0. The van der Waals surface area contributed by atoms with Gasteiger partial charge in [0.1, 0.15) is 0 Å². The van der Waals surface area contributed by atoms with Gasteiger partial charge in [0.25, 0.3) is 0 Å². The zero-order valence-electron chi connectivity index (χ0n) is 14.7. The van der Waals surface area contributed by atoms with E-state index in [0.717, 1.165) is 5.92 Å². The van der Waals surface area contributed by atoms with Crippen molar-refractivity contribution in [3.8, 4) is 0 Å². The maximum absolute atomic E-state index is 6.24. The lowest BCUT2D eigenvalue weighted by atomic mass is 9.43. The topological polar surface area (TPSA) is 18.5 Å². The van der Waals surface area contributed by atoms with Crippen LogP contribution in [0, 0.1) is 22.7 Å². The molecule has 5 atom stereocenters. The molecule has 0 aromatic heterocycles. The van der Waals surface area contributed by atoms with Gasteiger partial charge >= 0.3 is 0 Å². The maximum atomic E-state index is 6.24. The average molecular weight is 294 g/mol. The van der Waals surface area contributed by atoms with Crippen molar-refractivity contribution < 1.29 is 9.47 Å². The molecule has 0 aromatic rings. The molecule has 21 heavy (non-hydrogen) atoms. The van der Waals surface area contributed by atoms with Crippen LogP contribution >= 0.6 is 0 Å². The molecule has 3 rings (SSSR count). The van der Waals surface area contributed by atoms with Gasteiger partial charge in [0.2, 0.25) is 0 Å². The van der Waals surface area contributed by atoms with Crippen LogP contribution in [-0.4, -0.2) is 25.9 Å². The van der Waals surface area contributed by atoms with E-state index in [-0.39, 0.29) is 11.7 Å². The summed E-state index contributed by atoms with van der Waals surface area (Å²) in [5.74, 6) is 1.45. The summed E-state index contributed by atoms with van der Waals surface area (Å²) in [6.07, 6.45) is 10.8. The molecule has 0 radical (unpaired) electrons. The van der Waals surface area contributed by atoms with E-state index in [9.17, 15) is 0 Å². The minimum absolute atomic E-state index is 0.0222. The van der Waals surface area contributed by atoms with E-state index in [4.69, 9.17) is 9.47 Å². The van der Waals surface area contributed by atoms with Crippen LogP contribution < -0.4 is 0 Å². The Kier molecular flexibility index (Phi) is 3.94. The van der Waals surface area contributed by atoms with Crippen LogP contribution in [0.2, 0.25) is 0 Å². The highest BCUT2D eigenvalue weighted by atomic mass is 16.5. The molecule has 0 aliphatic heterocycles. The average Bonchev–Trinajstić information content (AvgIpc) is 2.46. The predicted molar refractivity (Wildman–Crippen MR) is 86.3 cm³/mol. The minimum atomic E-state index is -0.0222. The highest BCUT2D eigenvalue weighted by Gasteiger charge is 2.64. The highest BCUT2D eigenvalue weighted by molar-refractivity contribution is 5.14. The van der Waals surface area contributed by atoms with Crippen molar-refractivity contribution in [3.63, 3.8) is 0 Å². The standard InChI is InChI=1S/C19H34O2/c1-17(2)10-8-11-18(3)14-9-6-7-12-19(14,21-5)16(20-4)13-15(17)18/h14-16H,6-13H2,1-5H3/t14-,15+,16?,18-,19-/m1/s1. The summed E-state index contributed by atoms with van der Waals surface area (Å²) in [5.41, 5.74) is 0.861. The van der Waals surface area contributed by atoms with Crippen LogP contribution in [0.25, 0.3) is 0 Å². The molecule has 2 nitrogen and oxygen atoms in total. The summed E-state index contributed by atoms with van der Waals surface area (Å²) in [5, 5.41) is 0. The van der Waals surface area contributed by atoms with Gasteiger partial charge in [-0.25, -0.2) is 0 Å². The van der Waals surface area contributed by atoms with E-state index >= 15 is 0 Å². The zero-order valence-corrected chi connectivity index (χ0v) is 14.7. The van der Waals surface area contributed by atoms with E-state index in [0.29, 0.717) is 16.7 Å². The zero-order chi connectivity index (χ0) is 15.3. The Morgan fingerprint density at radius 3 is 2.29 bits per heavy atom. The Labute approximate surface area is 131 Å². The molecule has 3 aliphatic rings. The molecule has 2 heteroatoms. The Hall–Kier alpha value is -0.0800. The smallest absolute Gasteiger partial charge is 0.0972 e. The first-order chi connectivity index (χ1) is 9.90. The molecule has 0 amide bonds. The van der Waals surface area contributed by atoms with Gasteiger partial charge in [-0.1, -0.05) is 40.0 Å². The van der Waals surface area contributed by atoms with E-state index in [1.54, 1.807) is 0 Å². The number of methoxy groups -OCH3 is 2. The normalized spacial score (nSPS) is 49.3. The van der Waals surface area contributed by atoms with Crippen LogP contribution in [0.15, 0.2) is 0 Å². The van der Waals surface area contributed by atoms with E-state index in [1.165, 1.54) is 51.4 Å². The quantitative estimate of drug-likeness (QED) is 0.727. The highest BCUT2D eigenvalue weighted by Crippen LogP contribution is 2.65. The van der Waals surface area contributed by atoms with Gasteiger partial charge in [-0.3, -0.25) is 0 Å². The van der Waals surface area contributed by atoms with Crippen LogP contribution in [0.4, 0.5) is 0 Å². The molecule has 0 aromatic carbocycles. The first-order valence-corrected chi connectivity index (χ1v) is 8.99. The van der Waals surface area contributed by atoms with Crippen LogP contribution in [0.1, 0.15) is 72.1 Å². The molecule has 0 bridgehead atoms. The minimum Gasteiger partial charge on any atom is -0.378 e. The van der Waals surface area contributed by atoms with Crippen LogP contribution in [0.5, 0.6) is 0 Å². The summed E-state index contributed by atoms with van der Waals surface area (Å²) in [4.78, 5) is 0. The molecular formula is C19H34O2. The van der Waals surface area contributed by atoms with Gasteiger partial charge < -0.3 is 9.47 Å². The summed E-state index contributed by atoms with van der Waals surface area (Å²) in [7, 11) is 3.83. The molecule has 0 N–H and O–H groups in total. The lowest BCUT2D eigenvalue weighted by Crippen LogP contribution is -2.66. The van der Waals surface area contributed by atoms with Crippen molar-refractivity contribution in [2.75, 3.05) is 14.2 Å². The fourth-order valence-electron chi connectivity index (χ4n) is 6.70. The van der Waals surface area contributed by atoms with Crippen molar-refractivity contribution in [2.45, 2.75) is 83.8 Å². The van der Waals surface area contributed by atoms with Crippen LogP contribution in [0.3, 0.4) is 0 Å². The largest absolute Gasteiger partial charge is 0.378 e. The fourth-order valence-corrected chi connectivity index (χ4v) is 6.70. The van der Waals surface area contributed by atoms with Gasteiger partial charge in [-0.15, -0.1) is 0 Å². The third kappa shape index (κ3) is 2.12. The monoisotopic (exact) mass is 294 g/mol. The lowest BCUT2D eigenvalue weighted by Gasteiger charge is -2.65. The van der Waals surface area contributed by atoms with Crippen molar-refractivity contribution in [3.05, 3.63) is 0 Å². The molecule has 3 fully saturated rings. The first kappa shape index (κ1) is 15.8. The maximum Gasteiger partial charge on any atom is 0.0972 e. The molecule has 3 saturated carbocycles. The summed E-state index contributed by atoms with van der Waals surface area (Å²) in [6.45, 7) is 7.56. The van der Waals surface area contributed by atoms with E-state index in [2.05, 4.69) is 20.8 Å². The second kappa shape index (κ2) is 5.23. The van der Waals surface area contributed by atoms with E-state index in [1.807, 2.05) is 14.2 Å². The second-order valence-corrected chi connectivity index (χ2v) is 8.82. The van der Waals surface area contributed by atoms with Gasteiger partial charge in [-0.05, 0) is 54.8 Å². The second-order valence-electron chi connectivity index (χ2n) is 8.82. The number of ether oxygens (including phenoxy) is 2. The molecule has 0 saturated heterocycles. The Morgan fingerprint density at radius 1 is 0.857 bits per heavy atom. The molecule has 0 spiro atoms. The molecule has 3 aliphatic carbocycles. The van der Waals surface area contributed by atoms with Gasteiger partial charge in [0.15, 0.2) is 0 Å². The van der Waals surface area contributed by atoms with Gasteiger partial charge in [0.05, 0.1) is 11.7 Å². The van der Waals surface area contributed by atoms with Crippen molar-refractivity contribution in [2.24, 2.45) is 22.7 Å². The van der Waals surface area contributed by atoms with Gasteiger partial charge in [0, 0.05) is 14.2 Å². The number of hydrogen-bond acceptors (Lipinski definition) is 2. The van der Waals surface area contributed by atoms with Crippen LogP contribution in [-0.2, 0) is 9.47 Å². The fraction of sp³-hybridized carbons (Fsp3) is 1.00. The third-order valence-electron chi connectivity index (χ3n) is 7.63. The Balaban J connectivity index is 2.05. The predicted octanol–water partition coefficient (Wildman–Crippen LogP) is 4.81.